The standard InChI is InChI=1S/C18H22BrN3O/c1-3-22(4-2)17-10-7-15(12-20-17)13-21-18(23)11-14-5-8-16(19)9-6-14/h5-10,12H,3-4,11,13H2,1-2H3,(H,21,23). The highest BCUT2D eigenvalue weighted by Gasteiger charge is 2.05. The molecule has 23 heavy (non-hydrogen) atoms. The lowest BCUT2D eigenvalue weighted by molar-refractivity contribution is -0.120. The molecule has 5 heteroatoms. The summed E-state index contributed by atoms with van der Waals surface area (Å²) in [5.41, 5.74) is 2.01. The lowest BCUT2D eigenvalue weighted by Crippen LogP contribution is -2.25. The van der Waals surface area contributed by atoms with Gasteiger partial charge in [0.1, 0.15) is 5.82 Å². The smallest absolute Gasteiger partial charge is 0.224 e. The van der Waals surface area contributed by atoms with Crippen LogP contribution in [0.2, 0.25) is 0 Å². The second kappa shape index (κ2) is 8.67. The van der Waals surface area contributed by atoms with Crippen molar-refractivity contribution in [3.05, 3.63) is 58.2 Å². The number of aromatic nitrogens is 1. The van der Waals surface area contributed by atoms with E-state index in [4.69, 9.17) is 0 Å². The van der Waals surface area contributed by atoms with Crippen molar-refractivity contribution >= 4 is 27.7 Å². The quantitative estimate of drug-likeness (QED) is 0.804. The molecular formula is C18H22BrN3O. The third-order valence-corrected chi connectivity index (χ3v) is 4.19. The van der Waals surface area contributed by atoms with Gasteiger partial charge in [-0.3, -0.25) is 4.79 Å². The third kappa shape index (κ3) is 5.36. The second-order valence-electron chi connectivity index (χ2n) is 5.28. The van der Waals surface area contributed by atoms with Gasteiger partial charge in [-0.25, -0.2) is 4.98 Å². The number of carbonyl (C=O) groups excluding carboxylic acids is 1. The summed E-state index contributed by atoms with van der Waals surface area (Å²) in [7, 11) is 0. The molecule has 0 aliphatic carbocycles. The largest absolute Gasteiger partial charge is 0.357 e. The molecule has 0 aliphatic heterocycles. The van der Waals surface area contributed by atoms with Gasteiger partial charge >= 0.3 is 0 Å². The SMILES string of the molecule is CCN(CC)c1ccc(CNC(=O)Cc2ccc(Br)cc2)cn1. The van der Waals surface area contributed by atoms with Gasteiger partial charge in [-0.1, -0.05) is 34.1 Å². The zero-order valence-electron chi connectivity index (χ0n) is 13.6. The van der Waals surface area contributed by atoms with E-state index in [9.17, 15) is 4.79 Å². The number of hydrogen-bond donors (Lipinski definition) is 1. The average molecular weight is 376 g/mol. The predicted octanol–water partition coefficient (Wildman–Crippen LogP) is 3.55. The molecule has 2 aromatic rings. The van der Waals surface area contributed by atoms with Crippen LogP contribution in [0.25, 0.3) is 0 Å². The van der Waals surface area contributed by atoms with Crippen LogP contribution in [0.5, 0.6) is 0 Å². The minimum atomic E-state index is 0.0140. The number of rotatable bonds is 7. The van der Waals surface area contributed by atoms with Gasteiger partial charge in [-0.05, 0) is 43.2 Å². The van der Waals surface area contributed by atoms with Crippen LogP contribution in [0, 0.1) is 0 Å². The molecule has 0 bridgehead atoms. The van der Waals surface area contributed by atoms with Crippen LogP contribution >= 0.6 is 15.9 Å². The van der Waals surface area contributed by atoms with Gasteiger partial charge in [0.2, 0.25) is 5.91 Å². The molecule has 1 aromatic carbocycles. The van der Waals surface area contributed by atoms with Crippen molar-refractivity contribution < 1.29 is 4.79 Å². The van der Waals surface area contributed by atoms with E-state index in [0.29, 0.717) is 13.0 Å². The highest BCUT2D eigenvalue weighted by molar-refractivity contribution is 9.10. The molecule has 4 nitrogen and oxygen atoms in total. The number of carbonyl (C=O) groups is 1. The lowest BCUT2D eigenvalue weighted by Gasteiger charge is -2.19. The van der Waals surface area contributed by atoms with Gasteiger partial charge in [0.15, 0.2) is 0 Å². The van der Waals surface area contributed by atoms with Gasteiger partial charge in [0, 0.05) is 30.3 Å². The summed E-state index contributed by atoms with van der Waals surface area (Å²) >= 11 is 3.39. The minimum Gasteiger partial charge on any atom is -0.357 e. The Morgan fingerprint density at radius 2 is 1.74 bits per heavy atom. The van der Waals surface area contributed by atoms with Gasteiger partial charge in [0.25, 0.3) is 0 Å². The Hall–Kier alpha value is -1.88. The van der Waals surface area contributed by atoms with Gasteiger partial charge < -0.3 is 10.2 Å². The summed E-state index contributed by atoms with van der Waals surface area (Å²) in [6.07, 6.45) is 2.21. The van der Waals surface area contributed by atoms with Gasteiger partial charge in [-0.15, -0.1) is 0 Å². The van der Waals surface area contributed by atoms with Crippen molar-refractivity contribution in [1.82, 2.24) is 10.3 Å². The Morgan fingerprint density at radius 1 is 1.09 bits per heavy atom. The fraction of sp³-hybridized carbons (Fsp3) is 0.333. The van der Waals surface area contributed by atoms with E-state index in [1.54, 1.807) is 0 Å². The van der Waals surface area contributed by atoms with E-state index in [1.807, 2.05) is 42.6 Å². The molecule has 0 saturated heterocycles. The molecule has 0 spiro atoms. The first kappa shape index (κ1) is 17.5. The first-order chi connectivity index (χ1) is 11.1. The maximum absolute atomic E-state index is 12.0. The fourth-order valence-corrected chi connectivity index (χ4v) is 2.57. The number of halogens is 1. The highest BCUT2D eigenvalue weighted by Crippen LogP contribution is 2.12. The molecule has 0 fully saturated rings. The Bertz CT molecular complexity index is 622. The van der Waals surface area contributed by atoms with Crippen molar-refractivity contribution in [2.75, 3.05) is 18.0 Å². The van der Waals surface area contributed by atoms with Gasteiger partial charge in [0.05, 0.1) is 6.42 Å². The van der Waals surface area contributed by atoms with E-state index >= 15 is 0 Å². The molecule has 2 rings (SSSR count). The van der Waals surface area contributed by atoms with E-state index in [1.165, 1.54) is 0 Å². The van der Waals surface area contributed by atoms with Crippen molar-refractivity contribution in [1.29, 1.82) is 0 Å². The second-order valence-corrected chi connectivity index (χ2v) is 6.19. The number of benzene rings is 1. The topological polar surface area (TPSA) is 45.2 Å². The Balaban J connectivity index is 1.85. The van der Waals surface area contributed by atoms with E-state index < -0.39 is 0 Å². The highest BCUT2D eigenvalue weighted by atomic mass is 79.9. The zero-order chi connectivity index (χ0) is 16.7. The fourth-order valence-electron chi connectivity index (χ4n) is 2.31. The molecular weight excluding hydrogens is 354 g/mol. The van der Waals surface area contributed by atoms with Crippen LogP contribution in [0.3, 0.4) is 0 Å². The summed E-state index contributed by atoms with van der Waals surface area (Å²) in [4.78, 5) is 18.6. The number of nitrogens with one attached hydrogen (secondary N) is 1. The zero-order valence-corrected chi connectivity index (χ0v) is 15.1. The van der Waals surface area contributed by atoms with E-state index in [-0.39, 0.29) is 5.91 Å². The maximum atomic E-state index is 12.0. The first-order valence-electron chi connectivity index (χ1n) is 7.83. The van der Waals surface area contributed by atoms with Crippen LogP contribution in [-0.2, 0) is 17.8 Å². The maximum Gasteiger partial charge on any atom is 0.224 e. The molecule has 0 aliphatic rings. The molecule has 1 aromatic heterocycles. The molecule has 0 radical (unpaired) electrons. The molecule has 122 valence electrons. The molecule has 0 unspecified atom stereocenters. The number of amides is 1. The van der Waals surface area contributed by atoms with Crippen molar-refractivity contribution in [2.45, 2.75) is 26.8 Å². The van der Waals surface area contributed by atoms with Crippen LogP contribution < -0.4 is 10.2 Å². The summed E-state index contributed by atoms with van der Waals surface area (Å²) in [5, 5.41) is 2.93. The monoisotopic (exact) mass is 375 g/mol. The summed E-state index contributed by atoms with van der Waals surface area (Å²) in [6.45, 7) is 6.60. The van der Waals surface area contributed by atoms with Crippen LogP contribution in [0.15, 0.2) is 47.1 Å². The molecule has 1 heterocycles. The Labute approximate surface area is 146 Å². The lowest BCUT2D eigenvalue weighted by atomic mass is 10.1. The van der Waals surface area contributed by atoms with E-state index in [2.05, 4.69) is 45.0 Å². The van der Waals surface area contributed by atoms with E-state index in [0.717, 1.165) is 34.5 Å². The Morgan fingerprint density at radius 3 is 2.30 bits per heavy atom. The van der Waals surface area contributed by atoms with Crippen LogP contribution in [0.1, 0.15) is 25.0 Å². The number of hydrogen-bond acceptors (Lipinski definition) is 3. The van der Waals surface area contributed by atoms with Crippen molar-refractivity contribution in [3.63, 3.8) is 0 Å². The normalized spacial score (nSPS) is 10.4. The Kier molecular flexibility index (Phi) is 6.59. The van der Waals surface area contributed by atoms with Gasteiger partial charge in [-0.2, -0.15) is 0 Å². The molecule has 1 N–H and O–H groups in total. The predicted molar refractivity (Wildman–Crippen MR) is 97.5 cm³/mol. The van der Waals surface area contributed by atoms with Crippen LogP contribution in [0.4, 0.5) is 5.82 Å². The van der Waals surface area contributed by atoms with Crippen molar-refractivity contribution in [3.8, 4) is 0 Å². The van der Waals surface area contributed by atoms with Crippen molar-refractivity contribution in [2.24, 2.45) is 0 Å². The summed E-state index contributed by atoms with van der Waals surface area (Å²) < 4.78 is 1.01. The number of nitrogens with zero attached hydrogens (tertiary/aromatic N) is 2. The number of anilines is 1. The molecule has 0 saturated carbocycles. The number of pyridine rings is 1. The average Bonchev–Trinajstić information content (AvgIpc) is 2.57. The first-order valence-corrected chi connectivity index (χ1v) is 8.62. The summed E-state index contributed by atoms with van der Waals surface area (Å²) in [6, 6.07) is 11.8. The van der Waals surface area contributed by atoms with Crippen LogP contribution in [-0.4, -0.2) is 24.0 Å². The third-order valence-electron chi connectivity index (χ3n) is 3.66. The molecule has 0 atom stereocenters. The summed E-state index contributed by atoms with van der Waals surface area (Å²) in [5.74, 6) is 0.986. The minimum absolute atomic E-state index is 0.0140. The molecule has 1 amide bonds.